The molecule has 0 heterocycles. The Kier molecular flexibility index (Phi) is 5.40. The molecule has 0 aliphatic rings. The zero-order valence-corrected chi connectivity index (χ0v) is 14.0. The van der Waals surface area contributed by atoms with Crippen molar-refractivity contribution in [2.24, 2.45) is 5.73 Å². The molecule has 0 saturated carbocycles. The number of carbonyl (C=O) groups excluding carboxylic acids is 1. The fourth-order valence-electron chi connectivity index (χ4n) is 2.10. The van der Waals surface area contributed by atoms with Crippen LogP contribution in [0.2, 0.25) is 0 Å². The Morgan fingerprint density at radius 1 is 1.24 bits per heavy atom. The lowest BCUT2D eigenvalue weighted by Gasteiger charge is -2.26. The van der Waals surface area contributed by atoms with E-state index in [4.69, 9.17) is 10.5 Å². The molecule has 1 amide bonds. The minimum Gasteiger partial charge on any atom is -0.444 e. The van der Waals surface area contributed by atoms with E-state index >= 15 is 0 Å². The third kappa shape index (κ3) is 5.38. The van der Waals surface area contributed by atoms with Crippen LogP contribution in [0.25, 0.3) is 0 Å². The predicted molar refractivity (Wildman–Crippen MR) is 87.7 cm³/mol. The van der Waals surface area contributed by atoms with Gasteiger partial charge in [0.05, 0.1) is 0 Å². The van der Waals surface area contributed by atoms with Crippen molar-refractivity contribution < 1.29 is 9.53 Å². The molecule has 1 rings (SSSR count). The van der Waals surface area contributed by atoms with Gasteiger partial charge in [0.1, 0.15) is 5.60 Å². The van der Waals surface area contributed by atoms with Gasteiger partial charge in [-0.25, -0.2) is 4.79 Å². The summed E-state index contributed by atoms with van der Waals surface area (Å²) in [5.74, 6) is 0. The van der Waals surface area contributed by atoms with Crippen LogP contribution in [-0.4, -0.2) is 18.2 Å². The van der Waals surface area contributed by atoms with Gasteiger partial charge in [0.25, 0.3) is 0 Å². The zero-order valence-electron chi connectivity index (χ0n) is 14.0. The summed E-state index contributed by atoms with van der Waals surface area (Å²) in [5, 5.41) is 2.83. The van der Waals surface area contributed by atoms with Crippen molar-refractivity contribution in [3.8, 4) is 0 Å². The number of aryl methyl sites for hydroxylation is 1. The molecule has 0 radical (unpaired) electrons. The van der Waals surface area contributed by atoms with E-state index in [9.17, 15) is 4.79 Å². The van der Waals surface area contributed by atoms with Crippen LogP contribution < -0.4 is 11.1 Å². The molecule has 118 valence electrons. The fourth-order valence-corrected chi connectivity index (χ4v) is 2.10. The Hall–Kier alpha value is -1.55. The van der Waals surface area contributed by atoms with Gasteiger partial charge in [-0.1, -0.05) is 26.0 Å². The lowest BCUT2D eigenvalue weighted by atomic mass is 9.81. The molecule has 0 atom stereocenters. The molecular formula is C17H28N2O2. The van der Waals surface area contributed by atoms with Crippen molar-refractivity contribution in [3.05, 3.63) is 29.3 Å². The van der Waals surface area contributed by atoms with Gasteiger partial charge in [-0.3, -0.25) is 5.32 Å². The predicted octanol–water partition coefficient (Wildman–Crippen LogP) is 3.97. The highest BCUT2D eigenvalue weighted by molar-refractivity contribution is 5.86. The molecule has 21 heavy (non-hydrogen) atoms. The third-order valence-electron chi connectivity index (χ3n) is 3.42. The molecule has 0 aromatic heterocycles. The minimum absolute atomic E-state index is 0.0210. The second kappa shape index (κ2) is 6.48. The summed E-state index contributed by atoms with van der Waals surface area (Å²) in [6, 6.07) is 6.11. The van der Waals surface area contributed by atoms with Crippen LogP contribution in [0.5, 0.6) is 0 Å². The summed E-state index contributed by atoms with van der Waals surface area (Å²) in [7, 11) is 0. The lowest BCUT2D eigenvalue weighted by Crippen LogP contribution is -2.27. The van der Waals surface area contributed by atoms with E-state index < -0.39 is 11.7 Å². The Labute approximate surface area is 128 Å². The average Bonchev–Trinajstić information content (AvgIpc) is 2.29. The summed E-state index contributed by atoms with van der Waals surface area (Å²) < 4.78 is 5.30. The van der Waals surface area contributed by atoms with E-state index in [1.54, 1.807) is 0 Å². The van der Waals surface area contributed by atoms with Crippen molar-refractivity contribution in [3.63, 3.8) is 0 Å². The maximum absolute atomic E-state index is 11.9. The van der Waals surface area contributed by atoms with E-state index in [-0.39, 0.29) is 5.41 Å². The van der Waals surface area contributed by atoms with Crippen LogP contribution in [-0.2, 0) is 10.2 Å². The fraction of sp³-hybridized carbons (Fsp3) is 0.588. The smallest absolute Gasteiger partial charge is 0.412 e. The standard InChI is InChI=1S/C17H28N2O2/c1-12-7-8-13(17(5,6)9-10-18)11-14(12)19-15(20)21-16(2,3)4/h7-8,11H,9-10,18H2,1-6H3,(H,19,20). The number of amides is 1. The van der Waals surface area contributed by atoms with Gasteiger partial charge < -0.3 is 10.5 Å². The summed E-state index contributed by atoms with van der Waals surface area (Å²) in [4.78, 5) is 11.9. The van der Waals surface area contributed by atoms with E-state index in [0.29, 0.717) is 6.54 Å². The summed E-state index contributed by atoms with van der Waals surface area (Å²) >= 11 is 0. The summed E-state index contributed by atoms with van der Waals surface area (Å²) in [5.41, 5.74) is 8.10. The van der Waals surface area contributed by atoms with Gasteiger partial charge in [0, 0.05) is 5.69 Å². The summed E-state index contributed by atoms with van der Waals surface area (Å²) in [6.07, 6.45) is 0.460. The molecule has 3 N–H and O–H groups in total. The first-order valence-electron chi connectivity index (χ1n) is 7.36. The highest BCUT2D eigenvalue weighted by atomic mass is 16.6. The first-order valence-corrected chi connectivity index (χ1v) is 7.36. The van der Waals surface area contributed by atoms with Gasteiger partial charge in [-0.15, -0.1) is 0 Å². The third-order valence-corrected chi connectivity index (χ3v) is 3.42. The molecule has 0 unspecified atom stereocenters. The topological polar surface area (TPSA) is 64.3 Å². The molecule has 0 bridgehead atoms. The van der Waals surface area contributed by atoms with E-state index in [1.807, 2.05) is 39.8 Å². The number of anilines is 1. The molecule has 0 aliphatic carbocycles. The molecule has 1 aromatic carbocycles. The molecule has 0 spiro atoms. The van der Waals surface area contributed by atoms with Crippen molar-refractivity contribution >= 4 is 11.8 Å². The van der Waals surface area contributed by atoms with Gasteiger partial charge in [-0.2, -0.15) is 0 Å². The van der Waals surface area contributed by atoms with Crippen molar-refractivity contribution in [1.29, 1.82) is 0 Å². The number of hydrogen-bond acceptors (Lipinski definition) is 3. The molecular weight excluding hydrogens is 264 g/mol. The first-order chi connectivity index (χ1) is 9.55. The largest absolute Gasteiger partial charge is 0.444 e. The maximum atomic E-state index is 11.9. The van der Waals surface area contributed by atoms with Crippen molar-refractivity contribution in [2.75, 3.05) is 11.9 Å². The van der Waals surface area contributed by atoms with Gasteiger partial charge >= 0.3 is 6.09 Å². The van der Waals surface area contributed by atoms with Gasteiger partial charge in [-0.05, 0) is 63.3 Å². The SMILES string of the molecule is Cc1ccc(C(C)(C)CCN)cc1NC(=O)OC(C)(C)C. The van der Waals surface area contributed by atoms with Crippen LogP contribution in [0.3, 0.4) is 0 Å². The van der Waals surface area contributed by atoms with Gasteiger partial charge in [0.15, 0.2) is 0 Å². The Bertz CT molecular complexity index is 502. The van der Waals surface area contributed by atoms with Crippen LogP contribution >= 0.6 is 0 Å². The quantitative estimate of drug-likeness (QED) is 0.882. The maximum Gasteiger partial charge on any atom is 0.412 e. The number of carbonyl (C=O) groups is 1. The van der Waals surface area contributed by atoms with Crippen LogP contribution in [0.1, 0.15) is 52.2 Å². The number of ether oxygens (including phenoxy) is 1. The number of benzene rings is 1. The lowest BCUT2D eigenvalue weighted by molar-refractivity contribution is 0.0636. The highest BCUT2D eigenvalue weighted by Crippen LogP contribution is 2.30. The van der Waals surface area contributed by atoms with E-state index in [2.05, 4.69) is 25.2 Å². The second-order valence-electron chi connectivity index (χ2n) is 7.08. The van der Waals surface area contributed by atoms with Crippen LogP contribution in [0.4, 0.5) is 10.5 Å². The number of nitrogens with two attached hydrogens (primary N) is 1. The Morgan fingerprint density at radius 3 is 2.38 bits per heavy atom. The molecule has 1 aromatic rings. The Morgan fingerprint density at radius 2 is 1.86 bits per heavy atom. The van der Waals surface area contributed by atoms with Crippen molar-refractivity contribution in [2.45, 2.75) is 59.0 Å². The molecule has 0 aliphatic heterocycles. The van der Waals surface area contributed by atoms with Crippen LogP contribution in [0, 0.1) is 6.92 Å². The van der Waals surface area contributed by atoms with E-state index in [0.717, 1.165) is 23.2 Å². The van der Waals surface area contributed by atoms with E-state index in [1.165, 1.54) is 0 Å². The molecule has 0 saturated heterocycles. The summed E-state index contributed by atoms with van der Waals surface area (Å²) in [6.45, 7) is 12.5. The highest BCUT2D eigenvalue weighted by Gasteiger charge is 2.21. The van der Waals surface area contributed by atoms with Crippen LogP contribution in [0.15, 0.2) is 18.2 Å². The number of rotatable bonds is 4. The van der Waals surface area contributed by atoms with Crippen molar-refractivity contribution in [1.82, 2.24) is 0 Å². The normalized spacial score (nSPS) is 12.1. The molecule has 4 heteroatoms. The zero-order chi connectivity index (χ0) is 16.3. The number of nitrogens with one attached hydrogen (secondary N) is 1. The first kappa shape index (κ1) is 17.5. The minimum atomic E-state index is -0.506. The molecule has 4 nitrogen and oxygen atoms in total. The second-order valence-corrected chi connectivity index (χ2v) is 7.08. The Balaban J connectivity index is 2.95. The molecule has 0 fully saturated rings. The van der Waals surface area contributed by atoms with Gasteiger partial charge in [0.2, 0.25) is 0 Å². The average molecular weight is 292 g/mol. The monoisotopic (exact) mass is 292 g/mol. The number of hydrogen-bond donors (Lipinski definition) is 2.